The number of hydrogen-bond donors (Lipinski definition) is 2. The highest BCUT2D eigenvalue weighted by atomic mass is 16.5. The van der Waals surface area contributed by atoms with Crippen LogP contribution in [0.2, 0.25) is 0 Å². The summed E-state index contributed by atoms with van der Waals surface area (Å²) in [6.45, 7) is 13.5. The van der Waals surface area contributed by atoms with Crippen LogP contribution >= 0.6 is 0 Å². The van der Waals surface area contributed by atoms with Crippen LogP contribution < -0.4 is 10.6 Å². The number of nitrogens with zero attached hydrogens (tertiary/aromatic N) is 2. The van der Waals surface area contributed by atoms with Gasteiger partial charge in [0.05, 0.1) is 0 Å². The van der Waals surface area contributed by atoms with Crippen molar-refractivity contribution in [1.29, 1.82) is 0 Å². The zero-order chi connectivity index (χ0) is 16.4. The molecule has 0 heterocycles. The van der Waals surface area contributed by atoms with Crippen LogP contribution in [0.25, 0.3) is 0 Å². The highest BCUT2D eigenvalue weighted by Gasteiger charge is 2.29. The summed E-state index contributed by atoms with van der Waals surface area (Å²) in [6.07, 6.45) is 3.73. The van der Waals surface area contributed by atoms with Gasteiger partial charge in [0, 0.05) is 52.0 Å². The SMILES string of the molecule is CN=C(NCCCOCC(C)C)NCCN(C(C)C)C1CC1. The molecular weight excluding hydrogens is 276 g/mol. The summed E-state index contributed by atoms with van der Waals surface area (Å²) in [7, 11) is 1.83. The van der Waals surface area contributed by atoms with Gasteiger partial charge < -0.3 is 15.4 Å². The highest BCUT2D eigenvalue weighted by Crippen LogP contribution is 2.27. The molecule has 1 rings (SSSR count). The number of hydrogen-bond acceptors (Lipinski definition) is 3. The molecule has 1 fully saturated rings. The molecule has 0 atom stereocenters. The van der Waals surface area contributed by atoms with E-state index in [1.54, 1.807) is 0 Å². The Labute approximate surface area is 136 Å². The van der Waals surface area contributed by atoms with E-state index in [4.69, 9.17) is 4.74 Å². The second kappa shape index (κ2) is 10.8. The Kier molecular flexibility index (Phi) is 9.48. The van der Waals surface area contributed by atoms with Crippen LogP contribution in [0.4, 0.5) is 0 Å². The van der Waals surface area contributed by atoms with E-state index in [2.05, 4.69) is 48.2 Å². The average Bonchev–Trinajstić information content (AvgIpc) is 3.28. The van der Waals surface area contributed by atoms with E-state index >= 15 is 0 Å². The van der Waals surface area contributed by atoms with Crippen molar-refractivity contribution in [2.45, 2.75) is 59.0 Å². The Morgan fingerprint density at radius 2 is 1.86 bits per heavy atom. The predicted octanol–water partition coefficient (Wildman–Crippen LogP) is 2.09. The van der Waals surface area contributed by atoms with E-state index in [-0.39, 0.29) is 0 Å². The molecule has 0 saturated heterocycles. The maximum Gasteiger partial charge on any atom is 0.191 e. The Morgan fingerprint density at radius 3 is 2.41 bits per heavy atom. The molecule has 1 aliphatic rings. The van der Waals surface area contributed by atoms with Gasteiger partial charge in [-0.15, -0.1) is 0 Å². The monoisotopic (exact) mass is 312 g/mol. The third-order valence-electron chi connectivity index (χ3n) is 3.77. The third-order valence-corrected chi connectivity index (χ3v) is 3.77. The molecule has 0 spiro atoms. The van der Waals surface area contributed by atoms with Gasteiger partial charge >= 0.3 is 0 Å². The van der Waals surface area contributed by atoms with Crippen LogP contribution in [0.3, 0.4) is 0 Å². The van der Waals surface area contributed by atoms with Crippen molar-refractivity contribution in [1.82, 2.24) is 15.5 Å². The maximum atomic E-state index is 5.58. The molecule has 0 aromatic heterocycles. The van der Waals surface area contributed by atoms with E-state index in [1.807, 2.05) is 7.05 Å². The second-order valence-corrected chi connectivity index (χ2v) is 6.81. The Balaban J connectivity index is 2.07. The molecule has 0 unspecified atom stereocenters. The number of guanidine groups is 1. The zero-order valence-corrected chi connectivity index (χ0v) is 15.2. The molecule has 1 saturated carbocycles. The lowest BCUT2D eigenvalue weighted by Gasteiger charge is -2.26. The van der Waals surface area contributed by atoms with Crippen molar-refractivity contribution in [3.8, 4) is 0 Å². The summed E-state index contributed by atoms with van der Waals surface area (Å²) in [6, 6.07) is 1.44. The van der Waals surface area contributed by atoms with Gasteiger partial charge in [-0.2, -0.15) is 0 Å². The molecule has 0 aromatic carbocycles. The predicted molar refractivity (Wildman–Crippen MR) is 94.5 cm³/mol. The minimum absolute atomic E-state index is 0.609. The van der Waals surface area contributed by atoms with E-state index in [0.29, 0.717) is 12.0 Å². The van der Waals surface area contributed by atoms with E-state index < -0.39 is 0 Å². The smallest absolute Gasteiger partial charge is 0.191 e. The van der Waals surface area contributed by atoms with Crippen molar-refractivity contribution in [3.05, 3.63) is 0 Å². The molecule has 2 N–H and O–H groups in total. The Hall–Kier alpha value is -0.810. The first kappa shape index (κ1) is 19.2. The molecule has 0 bridgehead atoms. The van der Waals surface area contributed by atoms with Crippen molar-refractivity contribution in [2.75, 3.05) is 39.9 Å². The molecule has 0 aliphatic heterocycles. The van der Waals surface area contributed by atoms with Crippen LogP contribution in [0.15, 0.2) is 4.99 Å². The molecule has 5 nitrogen and oxygen atoms in total. The number of ether oxygens (including phenoxy) is 1. The molecule has 22 heavy (non-hydrogen) atoms. The molecule has 0 radical (unpaired) electrons. The quantitative estimate of drug-likeness (QED) is 0.348. The first-order valence-corrected chi connectivity index (χ1v) is 8.82. The molecular formula is C17H36N4O. The van der Waals surface area contributed by atoms with Crippen molar-refractivity contribution in [3.63, 3.8) is 0 Å². The largest absolute Gasteiger partial charge is 0.381 e. The molecule has 130 valence electrons. The Morgan fingerprint density at radius 1 is 1.18 bits per heavy atom. The molecule has 0 amide bonds. The van der Waals surface area contributed by atoms with Gasteiger partial charge in [-0.3, -0.25) is 9.89 Å². The summed E-state index contributed by atoms with van der Waals surface area (Å²) in [4.78, 5) is 6.85. The van der Waals surface area contributed by atoms with Crippen molar-refractivity contribution < 1.29 is 4.74 Å². The summed E-state index contributed by atoms with van der Waals surface area (Å²) in [5.74, 6) is 1.50. The Bertz CT molecular complexity index is 312. The number of nitrogens with one attached hydrogen (secondary N) is 2. The van der Waals surface area contributed by atoms with Crippen molar-refractivity contribution >= 4 is 5.96 Å². The fraction of sp³-hybridized carbons (Fsp3) is 0.941. The lowest BCUT2D eigenvalue weighted by Crippen LogP contribution is -2.44. The molecule has 0 aromatic rings. The lowest BCUT2D eigenvalue weighted by atomic mass is 10.2. The van der Waals surface area contributed by atoms with Gasteiger partial charge in [-0.25, -0.2) is 0 Å². The zero-order valence-electron chi connectivity index (χ0n) is 15.2. The van der Waals surface area contributed by atoms with E-state index in [1.165, 1.54) is 12.8 Å². The van der Waals surface area contributed by atoms with Gasteiger partial charge in [0.15, 0.2) is 5.96 Å². The standard InChI is InChI=1S/C17H36N4O/c1-14(2)13-22-12-6-9-19-17(18-5)20-10-11-21(15(3)4)16-7-8-16/h14-16H,6-13H2,1-5H3,(H2,18,19,20). The van der Waals surface area contributed by atoms with Gasteiger partial charge in [-0.1, -0.05) is 13.8 Å². The maximum absolute atomic E-state index is 5.58. The number of aliphatic imine (C=N–C) groups is 1. The van der Waals surface area contributed by atoms with Crippen LogP contribution in [0.5, 0.6) is 0 Å². The van der Waals surface area contributed by atoms with Gasteiger partial charge in [-0.05, 0) is 39.0 Å². The van der Waals surface area contributed by atoms with Crippen LogP contribution in [-0.2, 0) is 4.74 Å². The lowest BCUT2D eigenvalue weighted by molar-refractivity contribution is 0.108. The minimum Gasteiger partial charge on any atom is -0.381 e. The fourth-order valence-electron chi connectivity index (χ4n) is 2.49. The van der Waals surface area contributed by atoms with Gasteiger partial charge in [0.2, 0.25) is 0 Å². The van der Waals surface area contributed by atoms with E-state index in [9.17, 15) is 0 Å². The normalized spacial score (nSPS) is 15.9. The third kappa shape index (κ3) is 8.59. The first-order valence-electron chi connectivity index (χ1n) is 8.82. The van der Waals surface area contributed by atoms with Gasteiger partial charge in [0.1, 0.15) is 0 Å². The molecule has 1 aliphatic carbocycles. The fourth-order valence-corrected chi connectivity index (χ4v) is 2.49. The topological polar surface area (TPSA) is 48.9 Å². The van der Waals surface area contributed by atoms with Crippen LogP contribution in [-0.4, -0.2) is 62.8 Å². The number of rotatable bonds is 11. The minimum atomic E-state index is 0.609. The second-order valence-electron chi connectivity index (χ2n) is 6.81. The van der Waals surface area contributed by atoms with Crippen LogP contribution in [0.1, 0.15) is 47.0 Å². The first-order chi connectivity index (χ1) is 10.5. The van der Waals surface area contributed by atoms with E-state index in [0.717, 1.165) is 51.3 Å². The van der Waals surface area contributed by atoms with Crippen LogP contribution in [0, 0.1) is 5.92 Å². The summed E-state index contributed by atoms with van der Waals surface area (Å²) in [5, 5.41) is 6.75. The highest BCUT2D eigenvalue weighted by molar-refractivity contribution is 5.79. The molecule has 5 heteroatoms. The van der Waals surface area contributed by atoms with Crippen molar-refractivity contribution in [2.24, 2.45) is 10.9 Å². The van der Waals surface area contributed by atoms with Gasteiger partial charge in [0.25, 0.3) is 0 Å². The summed E-state index contributed by atoms with van der Waals surface area (Å²) < 4.78 is 5.58. The average molecular weight is 313 g/mol. The summed E-state index contributed by atoms with van der Waals surface area (Å²) in [5.41, 5.74) is 0. The summed E-state index contributed by atoms with van der Waals surface area (Å²) >= 11 is 0.